The van der Waals surface area contributed by atoms with Crippen molar-refractivity contribution in [2.24, 2.45) is 5.92 Å². The van der Waals surface area contributed by atoms with Gasteiger partial charge in [-0.15, -0.1) is 0 Å². The van der Waals surface area contributed by atoms with Gasteiger partial charge in [-0.2, -0.15) is 0 Å². The Balaban J connectivity index is 1.40. The first-order valence-corrected chi connectivity index (χ1v) is 9.85. The molecule has 0 aromatic rings. The van der Waals surface area contributed by atoms with Crippen LogP contribution in [0, 0.1) is 5.92 Å². The molecule has 3 fully saturated rings. The van der Waals surface area contributed by atoms with Gasteiger partial charge >= 0.3 is 0 Å². The van der Waals surface area contributed by atoms with Crippen LogP contribution in [0.4, 0.5) is 0 Å². The second-order valence-electron chi connectivity index (χ2n) is 8.35. The lowest BCUT2D eigenvalue weighted by Gasteiger charge is -2.45. The number of piperidine rings is 3. The predicted molar refractivity (Wildman–Crippen MR) is 94.3 cm³/mol. The molecule has 0 aliphatic carbocycles. The van der Waals surface area contributed by atoms with E-state index in [9.17, 15) is 0 Å². The summed E-state index contributed by atoms with van der Waals surface area (Å²) in [5.41, 5.74) is 0. The average molecular weight is 308 g/mol. The van der Waals surface area contributed by atoms with E-state index in [1.807, 2.05) is 0 Å². The van der Waals surface area contributed by atoms with Gasteiger partial charge in [-0.05, 0) is 97.6 Å². The van der Waals surface area contributed by atoms with Crippen molar-refractivity contribution in [2.75, 3.05) is 39.3 Å². The molecule has 0 unspecified atom stereocenters. The Morgan fingerprint density at radius 3 is 1.50 bits per heavy atom. The SMILES string of the molecule is CC1CCN(C2CCN(C3CCN(C(C)C)CC3)CC2)CC1. The van der Waals surface area contributed by atoms with Crippen molar-refractivity contribution in [3.8, 4) is 0 Å². The molecule has 0 aromatic heterocycles. The second-order valence-corrected chi connectivity index (χ2v) is 8.35. The van der Waals surface area contributed by atoms with Gasteiger partial charge in [0.2, 0.25) is 0 Å². The van der Waals surface area contributed by atoms with Gasteiger partial charge in [-0.1, -0.05) is 6.92 Å². The van der Waals surface area contributed by atoms with E-state index < -0.39 is 0 Å². The van der Waals surface area contributed by atoms with Crippen LogP contribution in [0.1, 0.15) is 59.3 Å². The normalized spacial score (nSPS) is 29.5. The fourth-order valence-corrected chi connectivity index (χ4v) is 4.78. The summed E-state index contributed by atoms with van der Waals surface area (Å²) < 4.78 is 0. The van der Waals surface area contributed by atoms with Crippen molar-refractivity contribution < 1.29 is 0 Å². The third-order valence-electron chi connectivity index (χ3n) is 6.58. The molecule has 0 spiro atoms. The highest BCUT2D eigenvalue weighted by atomic mass is 15.2. The third-order valence-corrected chi connectivity index (χ3v) is 6.58. The molecule has 3 saturated heterocycles. The predicted octanol–water partition coefficient (Wildman–Crippen LogP) is 3.06. The third kappa shape index (κ3) is 4.04. The van der Waals surface area contributed by atoms with Crippen molar-refractivity contribution in [1.29, 1.82) is 0 Å². The standard InChI is InChI=1S/C19H37N3/c1-16(2)20-12-6-18(7-13-20)22-14-8-19(9-15-22)21-10-4-17(3)5-11-21/h16-19H,4-15H2,1-3H3. The van der Waals surface area contributed by atoms with Gasteiger partial charge in [0.15, 0.2) is 0 Å². The molecule has 3 aliphatic heterocycles. The second kappa shape index (κ2) is 7.63. The number of hydrogen-bond acceptors (Lipinski definition) is 3. The van der Waals surface area contributed by atoms with E-state index in [2.05, 4.69) is 35.5 Å². The smallest absolute Gasteiger partial charge is 0.0120 e. The number of hydrogen-bond donors (Lipinski definition) is 0. The van der Waals surface area contributed by atoms with E-state index in [1.54, 1.807) is 0 Å². The van der Waals surface area contributed by atoms with Gasteiger partial charge in [0.1, 0.15) is 0 Å². The largest absolute Gasteiger partial charge is 0.301 e. The summed E-state index contributed by atoms with van der Waals surface area (Å²) in [7, 11) is 0. The van der Waals surface area contributed by atoms with E-state index in [1.165, 1.54) is 77.8 Å². The topological polar surface area (TPSA) is 9.72 Å². The highest BCUT2D eigenvalue weighted by Gasteiger charge is 2.31. The Morgan fingerprint density at radius 1 is 0.636 bits per heavy atom. The first-order valence-electron chi connectivity index (χ1n) is 9.85. The molecule has 3 heterocycles. The zero-order chi connectivity index (χ0) is 15.5. The van der Waals surface area contributed by atoms with Gasteiger partial charge < -0.3 is 14.7 Å². The van der Waals surface area contributed by atoms with Crippen molar-refractivity contribution in [2.45, 2.75) is 77.4 Å². The molecule has 3 aliphatic rings. The molecule has 0 atom stereocenters. The van der Waals surface area contributed by atoms with Crippen LogP contribution in [0.2, 0.25) is 0 Å². The van der Waals surface area contributed by atoms with Crippen LogP contribution in [0.5, 0.6) is 0 Å². The minimum atomic E-state index is 0.730. The minimum Gasteiger partial charge on any atom is -0.301 e. The Hall–Kier alpha value is -0.120. The average Bonchev–Trinajstić information content (AvgIpc) is 2.56. The Labute approximate surface area is 138 Å². The van der Waals surface area contributed by atoms with Crippen LogP contribution in [0.25, 0.3) is 0 Å². The van der Waals surface area contributed by atoms with Crippen LogP contribution in [0.15, 0.2) is 0 Å². The van der Waals surface area contributed by atoms with E-state index in [4.69, 9.17) is 0 Å². The lowest BCUT2D eigenvalue weighted by Crippen LogP contribution is -2.52. The Morgan fingerprint density at radius 2 is 1.05 bits per heavy atom. The number of rotatable bonds is 3. The fourth-order valence-electron chi connectivity index (χ4n) is 4.78. The van der Waals surface area contributed by atoms with E-state index in [0.717, 1.165) is 24.0 Å². The Bertz CT molecular complexity index is 320. The van der Waals surface area contributed by atoms with E-state index in [0.29, 0.717) is 0 Å². The molecule has 3 heteroatoms. The van der Waals surface area contributed by atoms with Gasteiger partial charge in [-0.25, -0.2) is 0 Å². The number of likely N-dealkylation sites (tertiary alicyclic amines) is 3. The summed E-state index contributed by atoms with van der Waals surface area (Å²) in [6, 6.07) is 2.49. The minimum absolute atomic E-state index is 0.730. The molecule has 0 N–H and O–H groups in total. The van der Waals surface area contributed by atoms with Gasteiger partial charge in [-0.3, -0.25) is 0 Å². The highest BCUT2D eigenvalue weighted by molar-refractivity contribution is 4.87. The van der Waals surface area contributed by atoms with Gasteiger partial charge in [0.05, 0.1) is 0 Å². The van der Waals surface area contributed by atoms with Crippen molar-refractivity contribution in [3.63, 3.8) is 0 Å². The summed E-state index contributed by atoms with van der Waals surface area (Å²) >= 11 is 0. The highest BCUT2D eigenvalue weighted by Crippen LogP contribution is 2.26. The zero-order valence-corrected chi connectivity index (χ0v) is 15.1. The van der Waals surface area contributed by atoms with Gasteiger partial charge in [0.25, 0.3) is 0 Å². The lowest BCUT2D eigenvalue weighted by molar-refractivity contribution is 0.0388. The molecule has 128 valence electrons. The fraction of sp³-hybridized carbons (Fsp3) is 1.00. The van der Waals surface area contributed by atoms with Crippen molar-refractivity contribution in [3.05, 3.63) is 0 Å². The molecule has 0 bridgehead atoms. The summed E-state index contributed by atoms with van der Waals surface area (Å²) in [6.07, 6.45) is 8.47. The summed E-state index contributed by atoms with van der Waals surface area (Å²) in [5, 5.41) is 0. The zero-order valence-electron chi connectivity index (χ0n) is 15.1. The van der Waals surface area contributed by atoms with Crippen LogP contribution < -0.4 is 0 Å². The first kappa shape index (κ1) is 16.7. The van der Waals surface area contributed by atoms with E-state index in [-0.39, 0.29) is 0 Å². The molecule has 0 amide bonds. The molecular weight excluding hydrogens is 270 g/mol. The Kier molecular flexibility index (Phi) is 5.80. The van der Waals surface area contributed by atoms with Crippen LogP contribution in [-0.2, 0) is 0 Å². The molecule has 3 rings (SSSR count). The first-order chi connectivity index (χ1) is 10.6. The van der Waals surface area contributed by atoms with Crippen LogP contribution >= 0.6 is 0 Å². The summed E-state index contributed by atoms with van der Waals surface area (Å²) in [4.78, 5) is 8.28. The van der Waals surface area contributed by atoms with Crippen LogP contribution in [-0.4, -0.2) is 72.1 Å². The monoisotopic (exact) mass is 307 g/mol. The summed E-state index contributed by atoms with van der Waals surface area (Å²) in [6.45, 7) is 15.1. The molecule has 0 radical (unpaired) electrons. The maximum Gasteiger partial charge on any atom is 0.0120 e. The summed E-state index contributed by atoms with van der Waals surface area (Å²) in [5.74, 6) is 0.961. The maximum absolute atomic E-state index is 2.82. The lowest BCUT2D eigenvalue weighted by atomic mass is 9.93. The molecule has 0 saturated carbocycles. The van der Waals surface area contributed by atoms with Crippen molar-refractivity contribution >= 4 is 0 Å². The number of nitrogens with zero attached hydrogens (tertiary/aromatic N) is 3. The quantitative estimate of drug-likeness (QED) is 0.793. The molecule has 22 heavy (non-hydrogen) atoms. The maximum atomic E-state index is 2.82. The molecule has 3 nitrogen and oxygen atoms in total. The molecular formula is C19H37N3. The molecule has 0 aromatic carbocycles. The van der Waals surface area contributed by atoms with Crippen molar-refractivity contribution in [1.82, 2.24) is 14.7 Å². The van der Waals surface area contributed by atoms with E-state index >= 15 is 0 Å². The van der Waals surface area contributed by atoms with Crippen LogP contribution in [0.3, 0.4) is 0 Å². The van der Waals surface area contributed by atoms with Gasteiger partial charge in [0, 0.05) is 18.1 Å².